The van der Waals surface area contributed by atoms with E-state index in [0.717, 1.165) is 25.3 Å². The Bertz CT molecular complexity index is 815. The van der Waals surface area contributed by atoms with E-state index in [9.17, 15) is 25.3 Å². The lowest BCUT2D eigenvalue weighted by atomic mass is 9.48. The standard InChI is InChI=1S/C19H24N4O5/c1-11(24)18(19-8-12-4-13(9-19)6-14(5-12)10-19)21-20-16-3-2-15(22(25)26)7-17(16)23(27)28/h2-3,7,11-14,20,24H,4-6,8-10H2,1H3/b21-18+. The maximum atomic E-state index is 11.3. The molecule has 4 fully saturated rings. The van der Waals surface area contributed by atoms with Gasteiger partial charge in [0.25, 0.3) is 5.69 Å². The minimum Gasteiger partial charge on any atom is -0.387 e. The van der Waals surface area contributed by atoms with Crippen LogP contribution < -0.4 is 5.43 Å². The molecule has 2 N–H and O–H groups in total. The zero-order valence-electron chi connectivity index (χ0n) is 15.7. The van der Waals surface area contributed by atoms with Gasteiger partial charge in [-0.25, -0.2) is 0 Å². The Morgan fingerprint density at radius 3 is 2.18 bits per heavy atom. The summed E-state index contributed by atoms with van der Waals surface area (Å²) in [6, 6.07) is 3.42. The highest BCUT2D eigenvalue weighted by Gasteiger charge is 2.54. The number of non-ortho nitro benzene ring substituents is 1. The van der Waals surface area contributed by atoms with Crippen LogP contribution in [-0.4, -0.2) is 26.8 Å². The number of benzene rings is 1. The Hall–Kier alpha value is -2.55. The predicted molar refractivity (Wildman–Crippen MR) is 103 cm³/mol. The summed E-state index contributed by atoms with van der Waals surface area (Å²) < 4.78 is 0. The molecule has 0 aromatic heterocycles. The summed E-state index contributed by atoms with van der Waals surface area (Å²) >= 11 is 0. The van der Waals surface area contributed by atoms with Crippen LogP contribution in [0.5, 0.6) is 0 Å². The molecular weight excluding hydrogens is 364 g/mol. The SMILES string of the molecule is CC(O)/C(=N\Nc1ccc([N+](=O)[O-])cc1[N+](=O)[O-])C12CC3CC(CC(C3)C1)C2. The van der Waals surface area contributed by atoms with Gasteiger partial charge >= 0.3 is 5.69 Å². The molecular formula is C19H24N4O5. The molecule has 4 saturated carbocycles. The first-order valence-corrected chi connectivity index (χ1v) is 9.72. The monoisotopic (exact) mass is 388 g/mol. The number of anilines is 1. The van der Waals surface area contributed by atoms with E-state index in [1.807, 2.05) is 0 Å². The number of rotatable bonds is 6. The molecule has 1 atom stereocenters. The molecule has 1 unspecified atom stereocenters. The first-order valence-electron chi connectivity index (χ1n) is 9.72. The van der Waals surface area contributed by atoms with Crippen molar-refractivity contribution in [2.45, 2.75) is 51.6 Å². The fraction of sp³-hybridized carbons (Fsp3) is 0.632. The maximum absolute atomic E-state index is 11.3. The second-order valence-corrected chi connectivity index (χ2v) is 8.70. The molecule has 150 valence electrons. The number of aliphatic hydroxyl groups is 1. The molecule has 0 radical (unpaired) electrons. The van der Waals surface area contributed by atoms with Crippen LogP contribution >= 0.6 is 0 Å². The summed E-state index contributed by atoms with van der Waals surface area (Å²) in [6.07, 6.45) is 6.03. The van der Waals surface area contributed by atoms with Crippen LogP contribution in [0.15, 0.2) is 23.3 Å². The van der Waals surface area contributed by atoms with Crippen molar-refractivity contribution in [2.24, 2.45) is 28.3 Å². The van der Waals surface area contributed by atoms with E-state index in [1.165, 1.54) is 31.4 Å². The number of hydrogen-bond acceptors (Lipinski definition) is 7. The smallest absolute Gasteiger partial charge is 0.301 e. The summed E-state index contributed by atoms with van der Waals surface area (Å²) in [6.45, 7) is 1.68. The van der Waals surface area contributed by atoms with Crippen LogP contribution in [0, 0.1) is 43.4 Å². The summed E-state index contributed by atoms with van der Waals surface area (Å²) in [5, 5.41) is 37.1. The van der Waals surface area contributed by atoms with Gasteiger partial charge in [0.15, 0.2) is 0 Å². The van der Waals surface area contributed by atoms with E-state index in [-0.39, 0.29) is 16.8 Å². The lowest BCUT2D eigenvalue weighted by Crippen LogP contribution is -2.52. The van der Waals surface area contributed by atoms with Crippen LogP contribution in [0.4, 0.5) is 17.1 Å². The molecule has 0 saturated heterocycles. The van der Waals surface area contributed by atoms with Crippen molar-refractivity contribution < 1.29 is 15.0 Å². The van der Waals surface area contributed by atoms with Gasteiger partial charge in [0.1, 0.15) is 5.69 Å². The highest BCUT2D eigenvalue weighted by molar-refractivity contribution is 5.94. The largest absolute Gasteiger partial charge is 0.387 e. The van der Waals surface area contributed by atoms with Crippen molar-refractivity contribution in [3.8, 4) is 0 Å². The lowest BCUT2D eigenvalue weighted by Gasteiger charge is -2.57. The van der Waals surface area contributed by atoms with Crippen molar-refractivity contribution in [3.63, 3.8) is 0 Å². The normalized spacial score (nSPS) is 32.2. The number of aliphatic hydroxyl groups excluding tert-OH is 1. The number of nitro benzene ring substituents is 2. The summed E-state index contributed by atoms with van der Waals surface area (Å²) in [5.41, 5.74) is 2.56. The molecule has 5 rings (SSSR count). The van der Waals surface area contributed by atoms with E-state index < -0.39 is 21.6 Å². The summed E-state index contributed by atoms with van der Waals surface area (Å²) in [5.74, 6) is 2.01. The van der Waals surface area contributed by atoms with Gasteiger partial charge in [0.05, 0.1) is 27.7 Å². The second-order valence-electron chi connectivity index (χ2n) is 8.70. The Morgan fingerprint density at radius 2 is 1.71 bits per heavy atom. The molecule has 0 spiro atoms. The number of hydrogen-bond donors (Lipinski definition) is 2. The molecule has 4 bridgehead atoms. The quantitative estimate of drug-likeness (QED) is 0.432. The van der Waals surface area contributed by atoms with Gasteiger partial charge in [-0.15, -0.1) is 0 Å². The van der Waals surface area contributed by atoms with Crippen molar-refractivity contribution in [1.29, 1.82) is 0 Å². The summed E-state index contributed by atoms with van der Waals surface area (Å²) in [4.78, 5) is 20.9. The van der Waals surface area contributed by atoms with Crippen LogP contribution in [0.1, 0.15) is 45.4 Å². The van der Waals surface area contributed by atoms with Crippen molar-refractivity contribution in [1.82, 2.24) is 0 Å². The van der Waals surface area contributed by atoms with E-state index in [1.54, 1.807) is 6.92 Å². The van der Waals surface area contributed by atoms with Gasteiger partial charge < -0.3 is 5.11 Å². The predicted octanol–water partition coefficient (Wildman–Crippen LogP) is 3.87. The van der Waals surface area contributed by atoms with Gasteiger partial charge in [-0.05, 0) is 69.3 Å². The average molecular weight is 388 g/mol. The van der Waals surface area contributed by atoms with E-state index in [2.05, 4.69) is 10.5 Å². The molecule has 1 aromatic rings. The third-order valence-corrected chi connectivity index (χ3v) is 6.66. The number of nitrogens with zero attached hydrogens (tertiary/aromatic N) is 3. The van der Waals surface area contributed by atoms with Gasteiger partial charge in [-0.2, -0.15) is 5.10 Å². The van der Waals surface area contributed by atoms with E-state index in [4.69, 9.17) is 0 Å². The molecule has 0 heterocycles. The van der Waals surface area contributed by atoms with E-state index in [0.29, 0.717) is 23.5 Å². The van der Waals surface area contributed by atoms with Gasteiger partial charge in [-0.1, -0.05) is 0 Å². The van der Waals surface area contributed by atoms with Crippen molar-refractivity contribution in [2.75, 3.05) is 5.43 Å². The van der Waals surface area contributed by atoms with Gasteiger partial charge in [0, 0.05) is 11.5 Å². The van der Waals surface area contributed by atoms with Crippen LogP contribution in [0.25, 0.3) is 0 Å². The summed E-state index contributed by atoms with van der Waals surface area (Å²) in [7, 11) is 0. The van der Waals surface area contributed by atoms with Crippen molar-refractivity contribution >= 4 is 22.8 Å². The van der Waals surface area contributed by atoms with E-state index >= 15 is 0 Å². The third kappa shape index (κ3) is 3.23. The Kier molecular flexibility index (Phi) is 4.57. The molecule has 0 aliphatic heterocycles. The Labute approximate surface area is 162 Å². The molecule has 9 heteroatoms. The topological polar surface area (TPSA) is 131 Å². The van der Waals surface area contributed by atoms with Crippen LogP contribution in [0.2, 0.25) is 0 Å². The van der Waals surface area contributed by atoms with Crippen molar-refractivity contribution in [3.05, 3.63) is 38.4 Å². The third-order valence-electron chi connectivity index (χ3n) is 6.66. The molecule has 4 aliphatic carbocycles. The highest BCUT2D eigenvalue weighted by Crippen LogP contribution is 2.60. The Balaban J connectivity index is 1.65. The fourth-order valence-electron chi connectivity index (χ4n) is 6.08. The fourth-order valence-corrected chi connectivity index (χ4v) is 6.08. The average Bonchev–Trinajstić information content (AvgIpc) is 2.60. The van der Waals surface area contributed by atoms with Gasteiger partial charge in [0.2, 0.25) is 0 Å². The second kappa shape index (κ2) is 6.80. The first-order chi connectivity index (χ1) is 13.3. The first kappa shape index (κ1) is 18.8. The van der Waals surface area contributed by atoms with Gasteiger partial charge in [-0.3, -0.25) is 25.7 Å². The molecule has 0 amide bonds. The molecule has 1 aromatic carbocycles. The Morgan fingerprint density at radius 1 is 1.14 bits per heavy atom. The number of hydrazone groups is 1. The zero-order valence-corrected chi connectivity index (χ0v) is 15.7. The molecule has 28 heavy (non-hydrogen) atoms. The van der Waals surface area contributed by atoms with Crippen LogP contribution in [-0.2, 0) is 0 Å². The highest BCUT2D eigenvalue weighted by atomic mass is 16.6. The molecule has 4 aliphatic rings. The minimum absolute atomic E-state index is 0.0819. The maximum Gasteiger partial charge on any atom is 0.301 e. The minimum atomic E-state index is -0.763. The molecule has 9 nitrogen and oxygen atoms in total. The lowest BCUT2D eigenvalue weighted by molar-refractivity contribution is -0.393. The number of nitrogens with one attached hydrogen (secondary N) is 1. The zero-order chi connectivity index (χ0) is 20.1. The number of nitro groups is 2. The van der Waals surface area contributed by atoms with Crippen LogP contribution in [0.3, 0.4) is 0 Å².